The first-order chi connectivity index (χ1) is 16.3. The minimum Gasteiger partial charge on any atom is -0.354 e. The standard InChI is InChI=1S/C23H25F4N7/c1-15-30-14-31-34(15)22-6-2-16(10-28-22)12-33(18-4-5-18)20-8-9-32(13-19(20)24)21-7-3-17(11-29-21)23(25,26)27/h2-3,6-7,10-11,14,18-20H,4-5,8-9,12-13H2,1H3. The lowest BCUT2D eigenvalue weighted by atomic mass is 10.00. The number of alkyl halides is 4. The Kier molecular flexibility index (Phi) is 5.97. The molecule has 2 aliphatic rings. The molecule has 0 bridgehead atoms. The molecule has 0 radical (unpaired) electrons. The summed E-state index contributed by atoms with van der Waals surface area (Å²) >= 11 is 0. The highest BCUT2D eigenvalue weighted by Gasteiger charge is 2.41. The zero-order valence-corrected chi connectivity index (χ0v) is 18.7. The number of halogens is 4. The second-order valence-electron chi connectivity index (χ2n) is 8.87. The maximum atomic E-state index is 15.4. The van der Waals surface area contributed by atoms with E-state index in [1.165, 1.54) is 12.4 Å². The van der Waals surface area contributed by atoms with E-state index in [0.29, 0.717) is 37.2 Å². The molecular weight excluding hydrogens is 450 g/mol. The second kappa shape index (κ2) is 8.94. The Hall–Kier alpha value is -3.08. The van der Waals surface area contributed by atoms with Gasteiger partial charge in [-0.15, -0.1) is 0 Å². The molecule has 2 unspecified atom stereocenters. The first kappa shape index (κ1) is 22.7. The number of anilines is 1. The van der Waals surface area contributed by atoms with Crippen LogP contribution in [0.4, 0.5) is 23.4 Å². The fourth-order valence-electron chi connectivity index (χ4n) is 4.51. The zero-order valence-electron chi connectivity index (χ0n) is 18.7. The Morgan fingerprint density at radius 1 is 1.00 bits per heavy atom. The van der Waals surface area contributed by atoms with Crippen LogP contribution < -0.4 is 4.90 Å². The predicted molar refractivity (Wildman–Crippen MR) is 117 cm³/mol. The predicted octanol–water partition coefficient (Wildman–Crippen LogP) is 3.97. The summed E-state index contributed by atoms with van der Waals surface area (Å²) in [5.41, 5.74) is 0.189. The van der Waals surface area contributed by atoms with E-state index in [9.17, 15) is 13.2 Å². The van der Waals surface area contributed by atoms with Gasteiger partial charge < -0.3 is 4.90 Å². The van der Waals surface area contributed by atoms with Crippen molar-refractivity contribution < 1.29 is 17.6 Å². The Labute approximate surface area is 194 Å². The van der Waals surface area contributed by atoms with Crippen molar-refractivity contribution in [2.75, 3.05) is 18.0 Å². The van der Waals surface area contributed by atoms with Gasteiger partial charge in [0.2, 0.25) is 0 Å². The molecule has 2 atom stereocenters. The molecule has 180 valence electrons. The summed E-state index contributed by atoms with van der Waals surface area (Å²) in [4.78, 5) is 16.5. The smallest absolute Gasteiger partial charge is 0.354 e. The maximum absolute atomic E-state index is 15.4. The van der Waals surface area contributed by atoms with Gasteiger partial charge in [0.1, 0.15) is 24.1 Å². The van der Waals surface area contributed by atoms with Crippen LogP contribution in [0.1, 0.15) is 36.2 Å². The number of piperidine rings is 1. The molecule has 2 fully saturated rings. The third-order valence-electron chi connectivity index (χ3n) is 6.46. The van der Waals surface area contributed by atoms with Gasteiger partial charge in [-0.2, -0.15) is 23.0 Å². The van der Waals surface area contributed by atoms with Crippen molar-refractivity contribution in [1.82, 2.24) is 29.6 Å². The molecule has 3 aromatic heterocycles. The van der Waals surface area contributed by atoms with Crippen molar-refractivity contribution >= 4 is 5.82 Å². The first-order valence-corrected chi connectivity index (χ1v) is 11.3. The van der Waals surface area contributed by atoms with Crippen LogP contribution in [0.25, 0.3) is 5.82 Å². The first-order valence-electron chi connectivity index (χ1n) is 11.3. The number of hydrogen-bond acceptors (Lipinski definition) is 6. The minimum atomic E-state index is -4.44. The largest absolute Gasteiger partial charge is 0.417 e. The molecule has 11 heteroatoms. The van der Waals surface area contributed by atoms with Gasteiger partial charge in [-0.3, -0.25) is 4.90 Å². The molecule has 4 heterocycles. The van der Waals surface area contributed by atoms with E-state index in [1.807, 2.05) is 19.1 Å². The normalized spacial score (nSPS) is 21.3. The monoisotopic (exact) mass is 475 g/mol. The molecule has 0 spiro atoms. The lowest BCUT2D eigenvalue weighted by Gasteiger charge is -2.41. The molecule has 1 saturated carbocycles. The Morgan fingerprint density at radius 2 is 1.76 bits per heavy atom. The van der Waals surface area contributed by atoms with Gasteiger partial charge in [0.25, 0.3) is 0 Å². The summed E-state index contributed by atoms with van der Waals surface area (Å²) < 4.78 is 55.4. The average molecular weight is 475 g/mol. The van der Waals surface area contributed by atoms with Gasteiger partial charge in [-0.05, 0) is 49.9 Å². The third kappa shape index (κ3) is 4.75. The highest BCUT2D eigenvalue weighted by Crippen LogP contribution is 2.35. The van der Waals surface area contributed by atoms with Crippen LogP contribution in [0.15, 0.2) is 43.0 Å². The number of aromatic nitrogens is 5. The van der Waals surface area contributed by atoms with E-state index in [2.05, 4.69) is 25.0 Å². The number of aryl methyl sites for hydroxylation is 1. The Balaban J connectivity index is 1.25. The SMILES string of the molecule is Cc1ncnn1-c1ccc(CN(C2CC2)C2CCN(c3ccc(C(F)(F)F)cn3)CC2F)cn1. The van der Waals surface area contributed by atoms with Crippen molar-refractivity contribution in [2.45, 2.75) is 57.2 Å². The molecular formula is C23H25F4N7. The van der Waals surface area contributed by atoms with E-state index in [-0.39, 0.29) is 12.6 Å². The summed E-state index contributed by atoms with van der Waals surface area (Å²) in [7, 11) is 0. The van der Waals surface area contributed by atoms with Crippen LogP contribution in [0.5, 0.6) is 0 Å². The van der Waals surface area contributed by atoms with Crippen LogP contribution in [-0.4, -0.2) is 61.0 Å². The van der Waals surface area contributed by atoms with Gasteiger partial charge in [-0.25, -0.2) is 19.3 Å². The second-order valence-corrected chi connectivity index (χ2v) is 8.87. The van der Waals surface area contributed by atoms with Crippen LogP contribution in [0.2, 0.25) is 0 Å². The van der Waals surface area contributed by atoms with E-state index >= 15 is 4.39 Å². The van der Waals surface area contributed by atoms with Crippen LogP contribution in [-0.2, 0) is 12.7 Å². The van der Waals surface area contributed by atoms with Crippen molar-refractivity contribution in [3.8, 4) is 5.82 Å². The van der Waals surface area contributed by atoms with Crippen molar-refractivity contribution in [3.63, 3.8) is 0 Å². The lowest BCUT2D eigenvalue weighted by molar-refractivity contribution is -0.137. The molecule has 1 aliphatic heterocycles. The van der Waals surface area contributed by atoms with Gasteiger partial charge in [0.05, 0.1) is 12.1 Å². The molecule has 7 nitrogen and oxygen atoms in total. The van der Waals surface area contributed by atoms with E-state index in [4.69, 9.17) is 0 Å². The summed E-state index contributed by atoms with van der Waals surface area (Å²) in [5, 5.41) is 4.16. The molecule has 1 saturated heterocycles. The Morgan fingerprint density at radius 3 is 2.32 bits per heavy atom. The number of nitrogens with zero attached hydrogens (tertiary/aromatic N) is 7. The van der Waals surface area contributed by atoms with Crippen molar-refractivity contribution in [1.29, 1.82) is 0 Å². The van der Waals surface area contributed by atoms with Crippen molar-refractivity contribution in [3.05, 3.63) is 59.9 Å². The molecule has 0 aromatic carbocycles. The van der Waals surface area contributed by atoms with Gasteiger partial charge >= 0.3 is 6.18 Å². The molecule has 0 amide bonds. The van der Waals surface area contributed by atoms with Crippen molar-refractivity contribution in [2.24, 2.45) is 0 Å². The summed E-state index contributed by atoms with van der Waals surface area (Å²) in [6.45, 7) is 3.09. The molecule has 34 heavy (non-hydrogen) atoms. The summed E-state index contributed by atoms with van der Waals surface area (Å²) in [6.07, 6.45) is 1.16. The van der Waals surface area contributed by atoms with Crippen LogP contribution in [0, 0.1) is 6.92 Å². The lowest BCUT2D eigenvalue weighted by Crippen LogP contribution is -2.53. The van der Waals surface area contributed by atoms with Crippen LogP contribution >= 0.6 is 0 Å². The minimum absolute atomic E-state index is 0.106. The topological polar surface area (TPSA) is 63.0 Å². The highest BCUT2D eigenvalue weighted by atomic mass is 19.4. The van der Waals surface area contributed by atoms with Gasteiger partial charge in [0, 0.05) is 37.6 Å². The van der Waals surface area contributed by atoms with Gasteiger partial charge in [0.15, 0.2) is 5.82 Å². The van der Waals surface area contributed by atoms with E-state index in [0.717, 1.165) is 36.5 Å². The van der Waals surface area contributed by atoms with Gasteiger partial charge in [-0.1, -0.05) is 6.07 Å². The summed E-state index contributed by atoms with van der Waals surface area (Å²) in [6, 6.07) is 6.27. The highest BCUT2D eigenvalue weighted by molar-refractivity contribution is 5.41. The maximum Gasteiger partial charge on any atom is 0.417 e. The third-order valence-corrected chi connectivity index (χ3v) is 6.46. The number of pyridine rings is 2. The fraction of sp³-hybridized carbons (Fsp3) is 0.478. The van der Waals surface area contributed by atoms with E-state index < -0.39 is 17.9 Å². The fourth-order valence-corrected chi connectivity index (χ4v) is 4.51. The quantitative estimate of drug-likeness (QED) is 0.503. The molecule has 0 N–H and O–H groups in total. The zero-order chi connectivity index (χ0) is 23.9. The van der Waals surface area contributed by atoms with Crippen LogP contribution in [0.3, 0.4) is 0 Å². The number of rotatable bonds is 6. The molecule has 3 aromatic rings. The average Bonchev–Trinajstić information content (AvgIpc) is 3.58. The molecule has 1 aliphatic carbocycles. The van der Waals surface area contributed by atoms with E-state index in [1.54, 1.807) is 15.8 Å². The number of hydrogen-bond donors (Lipinski definition) is 0. The molecule has 5 rings (SSSR count). The Bertz CT molecular complexity index is 1110. The summed E-state index contributed by atoms with van der Waals surface area (Å²) in [5.74, 6) is 1.79.